The fourth-order valence-electron chi connectivity index (χ4n) is 2.89. The third-order valence-corrected chi connectivity index (χ3v) is 5.72. The van der Waals surface area contributed by atoms with Crippen LogP contribution in [0, 0.1) is 0 Å². The van der Waals surface area contributed by atoms with E-state index in [2.05, 4.69) is 10.2 Å². The van der Waals surface area contributed by atoms with Crippen molar-refractivity contribution in [2.75, 3.05) is 45.2 Å². The van der Waals surface area contributed by atoms with E-state index < -0.39 is 9.84 Å². The Morgan fingerprint density at radius 2 is 1.89 bits per heavy atom. The number of carbonyl (C=O) groups excluding carboxylic acids is 1. The molecule has 2 saturated heterocycles. The van der Waals surface area contributed by atoms with Crippen molar-refractivity contribution in [3.8, 4) is 0 Å². The van der Waals surface area contributed by atoms with Gasteiger partial charge >= 0.3 is 0 Å². The van der Waals surface area contributed by atoms with Crippen LogP contribution in [-0.4, -0.2) is 81.4 Å². The van der Waals surface area contributed by atoms with E-state index in [-0.39, 0.29) is 29.5 Å². The molecule has 0 radical (unpaired) electrons. The Balaban J connectivity index is 2.06. The predicted molar refractivity (Wildman–Crippen MR) is 73.7 cm³/mol. The zero-order valence-electron chi connectivity index (χ0n) is 11.6. The highest BCUT2D eigenvalue weighted by molar-refractivity contribution is 7.91. The highest BCUT2D eigenvalue weighted by Crippen LogP contribution is 2.21. The van der Waals surface area contributed by atoms with Gasteiger partial charge in [0.25, 0.3) is 0 Å². The summed E-state index contributed by atoms with van der Waals surface area (Å²) >= 11 is 0. The van der Waals surface area contributed by atoms with Gasteiger partial charge in [-0.1, -0.05) is 0 Å². The van der Waals surface area contributed by atoms with E-state index in [1.807, 2.05) is 0 Å². The Morgan fingerprint density at radius 1 is 1.26 bits per heavy atom. The Labute approximate surface area is 115 Å². The van der Waals surface area contributed by atoms with E-state index in [0.717, 1.165) is 13.1 Å². The second-order valence-corrected chi connectivity index (χ2v) is 7.88. The number of hydrogen-bond donors (Lipinski definition) is 1. The number of hydrogen-bond acceptors (Lipinski definition) is 5. The summed E-state index contributed by atoms with van der Waals surface area (Å²) in [5, 5.41) is 3.25. The lowest BCUT2D eigenvalue weighted by Gasteiger charge is -2.42. The molecule has 19 heavy (non-hydrogen) atoms. The normalized spacial score (nSPS) is 29.1. The SMILES string of the molecule is CN(C)C(=O)C1CNCCN1C1CCS(=O)(=O)CC1. The molecule has 0 aliphatic carbocycles. The summed E-state index contributed by atoms with van der Waals surface area (Å²) in [6, 6.07) is 0.0640. The topological polar surface area (TPSA) is 69.7 Å². The largest absolute Gasteiger partial charge is 0.347 e. The van der Waals surface area contributed by atoms with Crippen LogP contribution in [-0.2, 0) is 14.6 Å². The molecule has 0 saturated carbocycles. The maximum Gasteiger partial charge on any atom is 0.240 e. The van der Waals surface area contributed by atoms with Gasteiger partial charge < -0.3 is 10.2 Å². The second-order valence-electron chi connectivity index (χ2n) is 5.57. The van der Waals surface area contributed by atoms with Gasteiger partial charge in [0.2, 0.25) is 5.91 Å². The van der Waals surface area contributed by atoms with E-state index in [4.69, 9.17) is 0 Å². The quantitative estimate of drug-likeness (QED) is 0.701. The van der Waals surface area contributed by atoms with Gasteiger partial charge in [0.05, 0.1) is 11.5 Å². The Hall–Kier alpha value is -0.660. The summed E-state index contributed by atoms with van der Waals surface area (Å²) in [4.78, 5) is 16.0. The Kier molecular flexibility index (Phi) is 4.47. The van der Waals surface area contributed by atoms with E-state index in [1.165, 1.54) is 0 Å². The summed E-state index contributed by atoms with van der Waals surface area (Å²) in [6.07, 6.45) is 1.30. The Bertz CT molecular complexity index is 422. The van der Waals surface area contributed by atoms with Crippen molar-refractivity contribution in [2.45, 2.75) is 24.9 Å². The molecule has 7 heteroatoms. The summed E-state index contributed by atoms with van der Waals surface area (Å²) in [6.45, 7) is 2.33. The molecule has 6 nitrogen and oxygen atoms in total. The standard InChI is InChI=1S/C12H23N3O3S/c1-14(2)12(16)11-9-13-5-6-15(11)10-3-7-19(17,18)8-4-10/h10-11,13H,3-9H2,1-2H3. The van der Waals surface area contributed by atoms with Crippen LogP contribution in [0.15, 0.2) is 0 Å². The second kappa shape index (κ2) is 5.76. The van der Waals surface area contributed by atoms with Crippen molar-refractivity contribution in [1.82, 2.24) is 15.1 Å². The van der Waals surface area contributed by atoms with E-state index in [9.17, 15) is 13.2 Å². The predicted octanol–water partition coefficient (Wildman–Crippen LogP) is -1.07. The molecule has 0 aromatic rings. The van der Waals surface area contributed by atoms with Gasteiger partial charge in [-0.25, -0.2) is 8.42 Å². The molecule has 0 aromatic heterocycles. The number of nitrogens with one attached hydrogen (secondary N) is 1. The lowest BCUT2D eigenvalue weighted by molar-refractivity contribution is -0.136. The van der Waals surface area contributed by atoms with Gasteiger partial charge in [0, 0.05) is 39.8 Å². The minimum absolute atomic E-state index is 0.0978. The van der Waals surface area contributed by atoms with Crippen molar-refractivity contribution in [3.05, 3.63) is 0 Å². The van der Waals surface area contributed by atoms with Crippen LogP contribution < -0.4 is 5.32 Å². The van der Waals surface area contributed by atoms with Crippen LogP contribution in [0.25, 0.3) is 0 Å². The van der Waals surface area contributed by atoms with E-state index in [0.29, 0.717) is 19.4 Å². The molecule has 2 fully saturated rings. The van der Waals surface area contributed by atoms with Crippen LogP contribution in [0.5, 0.6) is 0 Å². The first kappa shape index (κ1) is 14.7. The first-order valence-electron chi connectivity index (χ1n) is 6.79. The molecule has 1 N–H and O–H groups in total. The molecule has 2 rings (SSSR count). The van der Waals surface area contributed by atoms with Crippen molar-refractivity contribution in [1.29, 1.82) is 0 Å². The monoisotopic (exact) mass is 289 g/mol. The average Bonchev–Trinajstić information content (AvgIpc) is 2.38. The highest BCUT2D eigenvalue weighted by atomic mass is 32.2. The number of rotatable bonds is 2. The minimum Gasteiger partial charge on any atom is -0.347 e. The molecule has 0 aromatic carbocycles. The summed E-state index contributed by atoms with van der Waals surface area (Å²) < 4.78 is 23.0. The summed E-state index contributed by atoms with van der Waals surface area (Å²) in [7, 11) is 0.683. The fraction of sp³-hybridized carbons (Fsp3) is 0.917. The van der Waals surface area contributed by atoms with Gasteiger partial charge in [-0.2, -0.15) is 0 Å². The van der Waals surface area contributed by atoms with Crippen LogP contribution in [0.1, 0.15) is 12.8 Å². The van der Waals surface area contributed by atoms with Crippen LogP contribution in [0.2, 0.25) is 0 Å². The van der Waals surface area contributed by atoms with Gasteiger partial charge in [-0.3, -0.25) is 9.69 Å². The van der Waals surface area contributed by atoms with Gasteiger partial charge in [-0.05, 0) is 12.8 Å². The van der Waals surface area contributed by atoms with Crippen LogP contribution >= 0.6 is 0 Å². The van der Waals surface area contributed by atoms with Crippen molar-refractivity contribution >= 4 is 15.7 Å². The van der Waals surface area contributed by atoms with E-state index >= 15 is 0 Å². The molecule has 0 spiro atoms. The maximum absolute atomic E-state index is 12.2. The fourth-order valence-corrected chi connectivity index (χ4v) is 4.36. The maximum atomic E-state index is 12.2. The van der Waals surface area contributed by atoms with Crippen LogP contribution in [0.4, 0.5) is 0 Å². The van der Waals surface area contributed by atoms with E-state index in [1.54, 1.807) is 19.0 Å². The molecule has 1 unspecified atom stereocenters. The lowest BCUT2D eigenvalue weighted by Crippen LogP contribution is -2.61. The minimum atomic E-state index is -2.85. The third-order valence-electron chi connectivity index (χ3n) is 4.00. The van der Waals surface area contributed by atoms with Gasteiger partial charge in [-0.15, -0.1) is 0 Å². The lowest BCUT2D eigenvalue weighted by atomic mass is 10.0. The average molecular weight is 289 g/mol. The zero-order chi connectivity index (χ0) is 14.0. The van der Waals surface area contributed by atoms with Crippen LogP contribution in [0.3, 0.4) is 0 Å². The zero-order valence-corrected chi connectivity index (χ0v) is 12.4. The van der Waals surface area contributed by atoms with Gasteiger partial charge in [0.15, 0.2) is 0 Å². The number of carbonyl (C=O) groups is 1. The molecule has 1 amide bonds. The number of nitrogens with zero attached hydrogens (tertiary/aromatic N) is 2. The summed E-state index contributed by atoms with van der Waals surface area (Å²) in [5.41, 5.74) is 0. The molecule has 110 valence electrons. The van der Waals surface area contributed by atoms with Crippen molar-refractivity contribution in [3.63, 3.8) is 0 Å². The number of sulfone groups is 1. The Morgan fingerprint density at radius 3 is 2.47 bits per heavy atom. The third kappa shape index (κ3) is 3.46. The molecule has 0 bridgehead atoms. The molecule has 2 aliphatic rings. The van der Waals surface area contributed by atoms with Gasteiger partial charge in [0.1, 0.15) is 15.9 Å². The summed E-state index contributed by atoms with van der Waals surface area (Å²) in [5.74, 6) is 0.607. The molecule has 2 heterocycles. The first-order chi connectivity index (χ1) is 8.91. The van der Waals surface area contributed by atoms with Crippen molar-refractivity contribution < 1.29 is 13.2 Å². The molecule has 2 aliphatic heterocycles. The number of amides is 1. The number of piperazine rings is 1. The molecular weight excluding hydrogens is 266 g/mol. The number of likely N-dealkylation sites (N-methyl/N-ethyl adjacent to an activating group) is 1. The molecule has 1 atom stereocenters. The van der Waals surface area contributed by atoms with Crippen molar-refractivity contribution in [2.24, 2.45) is 0 Å². The first-order valence-corrected chi connectivity index (χ1v) is 8.61. The highest BCUT2D eigenvalue weighted by Gasteiger charge is 2.36. The smallest absolute Gasteiger partial charge is 0.240 e. The molecular formula is C12H23N3O3S.